The number of ketones is 1. The van der Waals surface area contributed by atoms with Crippen molar-refractivity contribution >= 4 is 28.5 Å². The monoisotopic (exact) mass is 307 g/mol. The lowest BCUT2D eigenvalue weighted by molar-refractivity contribution is -0.0565. The van der Waals surface area contributed by atoms with E-state index in [2.05, 4.69) is 4.90 Å². The molecule has 3 heterocycles. The lowest BCUT2D eigenvalue weighted by atomic mass is 9.77. The van der Waals surface area contributed by atoms with E-state index in [1.165, 1.54) is 22.7 Å². The zero-order valence-corrected chi connectivity index (χ0v) is 12.9. The largest absolute Gasteiger partial charge is 0.383 e. The van der Waals surface area contributed by atoms with Gasteiger partial charge in [0.2, 0.25) is 0 Å². The molecule has 0 aliphatic carbocycles. The normalized spacial score (nSPS) is 27.6. The lowest BCUT2D eigenvalue weighted by Gasteiger charge is -2.42. The summed E-state index contributed by atoms with van der Waals surface area (Å²) in [5, 5.41) is 15.0. The molecule has 2 aromatic heterocycles. The maximum Gasteiger partial charge on any atom is 0.180 e. The van der Waals surface area contributed by atoms with Crippen molar-refractivity contribution in [1.82, 2.24) is 4.90 Å². The van der Waals surface area contributed by atoms with Crippen molar-refractivity contribution in [2.45, 2.75) is 12.0 Å². The maximum absolute atomic E-state index is 12.7. The topological polar surface area (TPSA) is 40.5 Å². The molecular weight excluding hydrogens is 290 g/mol. The van der Waals surface area contributed by atoms with E-state index in [0.29, 0.717) is 13.0 Å². The number of aliphatic hydroxyl groups is 1. The molecule has 0 spiro atoms. The highest BCUT2D eigenvalue weighted by molar-refractivity contribution is 7.12. The van der Waals surface area contributed by atoms with Crippen molar-refractivity contribution in [2.75, 3.05) is 20.1 Å². The lowest BCUT2D eigenvalue weighted by Crippen LogP contribution is -2.51. The molecule has 1 N–H and O–H groups in total. The Morgan fingerprint density at radius 3 is 2.75 bits per heavy atom. The molecule has 0 aromatic carbocycles. The summed E-state index contributed by atoms with van der Waals surface area (Å²) in [6.07, 6.45) is 0.603. The summed E-state index contributed by atoms with van der Waals surface area (Å²) in [7, 11) is 2.00. The van der Waals surface area contributed by atoms with Gasteiger partial charge in [-0.2, -0.15) is 0 Å². The first-order valence-corrected chi connectivity index (χ1v) is 8.40. The van der Waals surface area contributed by atoms with Crippen LogP contribution in [0.4, 0.5) is 0 Å². The highest BCUT2D eigenvalue weighted by atomic mass is 32.1. The molecule has 0 unspecified atom stereocenters. The third kappa shape index (κ3) is 2.35. The van der Waals surface area contributed by atoms with Gasteiger partial charge >= 0.3 is 0 Å². The fourth-order valence-corrected chi connectivity index (χ4v) is 4.43. The number of thiophene rings is 2. The van der Waals surface area contributed by atoms with E-state index in [1.54, 1.807) is 0 Å². The van der Waals surface area contributed by atoms with E-state index in [-0.39, 0.29) is 5.78 Å². The van der Waals surface area contributed by atoms with Crippen molar-refractivity contribution in [3.05, 3.63) is 44.8 Å². The molecule has 106 valence electrons. The molecule has 3 nitrogen and oxygen atoms in total. The van der Waals surface area contributed by atoms with E-state index < -0.39 is 11.5 Å². The summed E-state index contributed by atoms with van der Waals surface area (Å²) < 4.78 is 0. The first-order valence-electron chi connectivity index (χ1n) is 6.64. The second-order valence-corrected chi connectivity index (χ2v) is 7.20. The molecule has 0 radical (unpaired) electrons. The number of rotatable bonds is 3. The van der Waals surface area contributed by atoms with Crippen LogP contribution < -0.4 is 0 Å². The van der Waals surface area contributed by atoms with Crippen LogP contribution in [0.5, 0.6) is 0 Å². The summed E-state index contributed by atoms with van der Waals surface area (Å²) in [6, 6.07) is 7.60. The second-order valence-electron chi connectivity index (χ2n) is 5.31. The van der Waals surface area contributed by atoms with Crippen molar-refractivity contribution in [3.8, 4) is 0 Å². The Morgan fingerprint density at radius 2 is 2.10 bits per heavy atom. The van der Waals surface area contributed by atoms with Crippen LogP contribution in [-0.2, 0) is 5.60 Å². The number of hydrogen-bond donors (Lipinski definition) is 1. The molecule has 0 saturated carbocycles. The van der Waals surface area contributed by atoms with Gasteiger partial charge < -0.3 is 10.0 Å². The number of carbonyl (C=O) groups excluding carboxylic acids is 1. The number of piperidine rings is 1. The molecule has 0 amide bonds. The van der Waals surface area contributed by atoms with Crippen LogP contribution in [0.3, 0.4) is 0 Å². The molecule has 0 bridgehead atoms. The molecule has 1 fully saturated rings. The zero-order chi connectivity index (χ0) is 14.2. The van der Waals surface area contributed by atoms with Gasteiger partial charge in [0, 0.05) is 18.0 Å². The fourth-order valence-electron chi connectivity index (χ4n) is 2.80. The Morgan fingerprint density at radius 1 is 1.35 bits per heavy atom. The molecule has 2 aromatic rings. The van der Waals surface area contributed by atoms with E-state index in [4.69, 9.17) is 0 Å². The number of carbonyl (C=O) groups is 1. The van der Waals surface area contributed by atoms with Gasteiger partial charge in [0.25, 0.3) is 0 Å². The van der Waals surface area contributed by atoms with Gasteiger partial charge in [0.05, 0.1) is 10.8 Å². The van der Waals surface area contributed by atoms with Crippen molar-refractivity contribution in [3.63, 3.8) is 0 Å². The molecule has 1 aliphatic heterocycles. The molecule has 3 rings (SSSR count). The van der Waals surface area contributed by atoms with Crippen molar-refractivity contribution in [2.24, 2.45) is 5.92 Å². The third-order valence-corrected chi connectivity index (χ3v) is 5.89. The minimum atomic E-state index is -1.03. The van der Waals surface area contributed by atoms with Gasteiger partial charge in [0.1, 0.15) is 5.60 Å². The Kier molecular flexibility index (Phi) is 3.77. The van der Waals surface area contributed by atoms with Gasteiger partial charge in [-0.25, -0.2) is 0 Å². The summed E-state index contributed by atoms with van der Waals surface area (Å²) in [5.41, 5.74) is -1.03. The Balaban J connectivity index is 1.97. The molecular formula is C15H17NO2S2. The minimum Gasteiger partial charge on any atom is -0.383 e. The summed E-state index contributed by atoms with van der Waals surface area (Å²) in [6.45, 7) is 1.41. The average Bonchev–Trinajstić information content (AvgIpc) is 3.13. The first kappa shape index (κ1) is 13.9. The molecule has 1 aliphatic rings. The van der Waals surface area contributed by atoms with Gasteiger partial charge in [-0.15, -0.1) is 22.7 Å². The van der Waals surface area contributed by atoms with E-state index >= 15 is 0 Å². The van der Waals surface area contributed by atoms with E-state index in [0.717, 1.165) is 16.3 Å². The van der Waals surface area contributed by atoms with Crippen LogP contribution in [-0.4, -0.2) is 35.9 Å². The predicted octanol–water partition coefficient (Wildman–Crippen LogP) is 2.83. The zero-order valence-electron chi connectivity index (χ0n) is 11.3. The smallest absolute Gasteiger partial charge is 0.180 e. The van der Waals surface area contributed by atoms with Crippen LogP contribution in [0, 0.1) is 5.92 Å². The third-order valence-electron chi connectivity index (χ3n) is 3.97. The fraction of sp³-hybridized carbons (Fsp3) is 0.400. The Labute approximate surface area is 126 Å². The second kappa shape index (κ2) is 5.41. The van der Waals surface area contributed by atoms with Crippen LogP contribution >= 0.6 is 22.7 Å². The first-order chi connectivity index (χ1) is 9.61. The van der Waals surface area contributed by atoms with Crippen molar-refractivity contribution in [1.29, 1.82) is 0 Å². The molecule has 2 atom stereocenters. The Bertz CT molecular complexity index is 579. The molecule has 5 heteroatoms. The summed E-state index contributed by atoms with van der Waals surface area (Å²) in [4.78, 5) is 16.5. The SMILES string of the molecule is CN1CC[C@@](O)(c2cccs2)[C@@H](C(=O)c2cccs2)C1. The van der Waals surface area contributed by atoms with Gasteiger partial charge in [-0.3, -0.25) is 4.79 Å². The standard InChI is InChI=1S/C15H17NO2S2/c1-16-7-6-15(18,13-5-3-9-20-13)11(10-16)14(17)12-4-2-8-19-12/h2-5,8-9,11,18H,6-7,10H2,1H3/t11-,15+/m1/s1. The number of Topliss-reactive ketones (excluding diaryl/α,β-unsaturated/α-hetero) is 1. The Hall–Kier alpha value is -1.01. The molecule has 1 saturated heterocycles. The quantitative estimate of drug-likeness (QED) is 0.887. The maximum atomic E-state index is 12.7. The van der Waals surface area contributed by atoms with Gasteiger partial charge in [0.15, 0.2) is 5.78 Å². The highest BCUT2D eigenvalue weighted by Crippen LogP contribution is 2.41. The summed E-state index contributed by atoms with van der Waals surface area (Å²) in [5.74, 6) is -0.332. The van der Waals surface area contributed by atoms with Crippen LogP contribution in [0.25, 0.3) is 0 Å². The summed E-state index contributed by atoms with van der Waals surface area (Å²) >= 11 is 2.98. The van der Waals surface area contributed by atoms with Crippen LogP contribution in [0.2, 0.25) is 0 Å². The average molecular weight is 307 g/mol. The van der Waals surface area contributed by atoms with Crippen LogP contribution in [0.15, 0.2) is 35.0 Å². The van der Waals surface area contributed by atoms with E-state index in [9.17, 15) is 9.90 Å². The number of nitrogens with zero attached hydrogens (tertiary/aromatic N) is 1. The highest BCUT2D eigenvalue weighted by Gasteiger charge is 2.47. The van der Waals surface area contributed by atoms with Crippen molar-refractivity contribution < 1.29 is 9.90 Å². The van der Waals surface area contributed by atoms with Crippen LogP contribution in [0.1, 0.15) is 21.0 Å². The number of hydrogen-bond acceptors (Lipinski definition) is 5. The number of likely N-dealkylation sites (tertiary alicyclic amines) is 1. The van der Waals surface area contributed by atoms with Gasteiger partial charge in [-0.05, 0) is 36.4 Å². The van der Waals surface area contributed by atoms with Gasteiger partial charge in [-0.1, -0.05) is 12.1 Å². The predicted molar refractivity (Wildman–Crippen MR) is 82.5 cm³/mol. The van der Waals surface area contributed by atoms with E-state index in [1.807, 2.05) is 42.1 Å². The minimum absolute atomic E-state index is 0.0578. The molecule has 20 heavy (non-hydrogen) atoms.